The number of thiazole rings is 1. The number of rotatable bonds is 5. The van der Waals surface area contributed by atoms with Gasteiger partial charge in [0.05, 0.1) is 27.6 Å². The van der Waals surface area contributed by atoms with Crippen LogP contribution in [0, 0.1) is 25.6 Å². The number of furan rings is 1. The normalized spacial score (nSPS) is 14.5. The molecule has 1 N–H and O–H groups in total. The van der Waals surface area contributed by atoms with Crippen LogP contribution in [0.4, 0.5) is 4.39 Å². The van der Waals surface area contributed by atoms with Crippen molar-refractivity contribution in [1.82, 2.24) is 10.5 Å². The lowest BCUT2D eigenvalue weighted by Gasteiger charge is -2.19. The molecule has 1 fully saturated rings. The van der Waals surface area contributed by atoms with Gasteiger partial charge in [-0.2, -0.15) is 5.48 Å². The van der Waals surface area contributed by atoms with Gasteiger partial charge < -0.3 is 18.7 Å². The number of halogens is 1. The number of nitrogens with one attached hydrogen (secondary N) is 1. The van der Waals surface area contributed by atoms with Gasteiger partial charge in [0.1, 0.15) is 18.0 Å². The van der Waals surface area contributed by atoms with E-state index in [1.165, 1.54) is 23.5 Å². The van der Waals surface area contributed by atoms with Crippen LogP contribution in [0.3, 0.4) is 0 Å². The second-order valence-corrected chi connectivity index (χ2v) is 8.14. The van der Waals surface area contributed by atoms with Crippen LogP contribution >= 0.6 is 11.3 Å². The van der Waals surface area contributed by atoms with Gasteiger partial charge in [-0.3, -0.25) is 4.79 Å². The predicted molar refractivity (Wildman–Crippen MR) is 109 cm³/mol. The Balaban J connectivity index is 1.51. The minimum Gasteiger partial charge on any atom is -0.485 e. The van der Waals surface area contributed by atoms with Gasteiger partial charge in [0, 0.05) is 24.7 Å². The van der Waals surface area contributed by atoms with Crippen molar-refractivity contribution < 1.29 is 32.7 Å². The Kier molecular flexibility index (Phi) is 6.19. The van der Waals surface area contributed by atoms with E-state index in [0.717, 1.165) is 10.6 Å². The summed E-state index contributed by atoms with van der Waals surface area (Å²) >= 11 is 1.41. The largest absolute Gasteiger partial charge is 0.485 e. The Morgan fingerprint density at radius 2 is 2.06 bits per heavy atom. The molecule has 0 aliphatic carbocycles. The topological polar surface area (TPSA) is 99.9 Å². The lowest BCUT2D eigenvalue weighted by molar-refractivity contribution is -0.157. The van der Waals surface area contributed by atoms with Crippen molar-refractivity contribution in [1.29, 1.82) is 0 Å². The second-order valence-electron chi connectivity index (χ2n) is 7.20. The van der Waals surface area contributed by atoms with Crippen molar-refractivity contribution in [3.63, 3.8) is 0 Å². The maximum absolute atomic E-state index is 14.5. The van der Waals surface area contributed by atoms with Gasteiger partial charge in [0.15, 0.2) is 11.6 Å². The standard InChI is InChI=1S/C21H21FN2O6S/c1-11-18(31-10-23-11)9-28-17-7-14-16(8-15(17)22)29-12(2)19(14)20(25)24-30-21(26)13-3-5-27-6-4-13/h7-8,10,13H,3-6,9H2,1-2H3,(H,24,25). The number of carbonyl (C=O) groups excluding carboxylic acids is 2. The number of ether oxygens (including phenoxy) is 2. The van der Waals surface area contributed by atoms with Gasteiger partial charge in [-0.15, -0.1) is 11.3 Å². The molecule has 0 unspecified atom stereocenters. The van der Waals surface area contributed by atoms with E-state index in [4.69, 9.17) is 18.7 Å². The Morgan fingerprint density at radius 3 is 2.77 bits per heavy atom. The zero-order valence-corrected chi connectivity index (χ0v) is 17.8. The molecule has 4 rings (SSSR count). The van der Waals surface area contributed by atoms with E-state index in [0.29, 0.717) is 31.4 Å². The molecule has 0 radical (unpaired) electrons. The molecule has 3 heterocycles. The van der Waals surface area contributed by atoms with Crippen LogP contribution in [0.1, 0.15) is 39.5 Å². The smallest absolute Gasteiger partial charge is 0.335 e. The number of aromatic nitrogens is 1. The van der Waals surface area contributed by atoms with Crippen LogP contribution in [0.2, 0.25) is 0 Å². The lowest BCUT2D eigenvalue weighted by atomic mass is 10.0. The van der Waals surface area contributed by atoms with E-state index < -0.39 is 17.7 Å². The van der Waals surface area contributed by atoms with Crippen LogP contribution in [-0.2, 0) is 21.0 Å². The minimum atomic E-state index is -0.660. The van der Waals surface area contributed by atoms with Gasteiger partial charge in [-0.05, 0) is 32.8 Å². The number of hydrogen-bond donors (Lipinski definition) is 1. The monoisotopic (exact) mass is 448 g/mol. The summed E-state index contributed by atoms with van der Waals surface area (Å²) < 4.78 is 30.8. The van der Waals surface area contributed by atoms with Crippen LogP contribution in [-0.4, -0.2) is 30.1 Å². The Morgan fingerprint density at radius 1 is 1.29 bits per heavy atom. The second kappa shape index (κ2) is 9.03. The fourth-order valence-electron chi connectivity index (χ4n) is 3.39. The summed E-state index contributed by atoms with van der Waals surface area (Å²) in [5.74, 6) is -1.86. The third-order valence-electron chi connectivity index (χ3n) is 5.15. The first-order valence-corrected chi connectivity index (χ1v) is 10.6. The SMILES string of the molecule is Cc1ncsc1COc1cc2c(C(=O)NOC(=O)C3CCOCC3)c(C)oc2cc1F. The van der Waals surface area contributed by atoms with Gasteiger partial charge >= 0.3 is 5.97 Å². The number of hydrogen-bond acceptors (Lipinski definition) is 8. The molecule has 1 saturated heterocycles. The maximum atomic E-state index is 14.5. The summed E-state index contributed by atoms with van der Waals surface area (Å²) in [5.41, 5.74) is 5.03. The maximum Gasteiger partial charge on any atom is 0.335 e. The summed E-state index contributed by atoms with van der Waals surface area (Å²) in [6.07, 6.45) is 1.09. The number of carbonyl (C=O) groups is 2. The molecule has 1 aromatic carbocycles. The minimum absolute atomic E-state index is 0.0191. The zero-order chi connectivity index (χ0) is 22.0. The molecule has 0 bridgehead atoms. The highest BCUT2D eigenvalue weighted by Gasteiger charge is 2.26. The highest BCUT2D eigenvalue weighted by Crippen LogP contribution is 2.32. The summed E-state index contributed by atoms with van der Waals surface area (Å²) in [7, 11) is 0. The van der Waals surface area contributed by atoms with Gasteiger partial charge in [-0.1, -0.05) is 0 Å². The average molecular weight is 448 g/mol. The molecule has 1 aliphatic rings. The Bertz CT molecular complexity index is 1120. The molecular weight excluding hydrogens is 427 g/mol. The van der Waals surface area contributed by atoms with Gasteiger partial charge in [-0.25, -0.2) is 14.2 Å². The van der Waals surface area contributed by atoms with E-state index in [-0.39, 0.29) is 35.2 Å². The van der Waals surface area contributed by atoms with Crippen molar-refractivity contribution in [2.45, 2.75) is 33.3 Å². The highest BCUT2D eigenvalue weighted by molar-refractivity contribution is 7.09. The van der Waals surface area contributed by atoms with Gasteiger partial charge in [0.2, 0.25) is 0 Å². The first-order valence-electron chi connectivity index (χ1n) is 9.77. The molecule has 0 atom stereocenters. The number of amides is 1. The molecule has 10 heteroatoms. The molecule has 3 aromatic rings. The number of nitrogens with zero attached hydrogens (tertiary/aromatic N) is 1. The number of aryl methyl sites for hydroxylation is 2. The van der Waals surface area contributed by atoms with Crippen LogP contribution in [0.15, 0.2) is 22.1 Å². The summed E-state index contributed by atoms with van der Waals surface area (Å²) in [5, 5.41) is 0.356. The molecule has 164 valence electrons. The lowest BCUT2D eigenvalue weighted by Crippen LogP contribution is -2.33. The molecule has 1 aliphatic heterocycles. The van der Waals surface area contributed by atoms with E-state index in [2.05, 4.69) is 10.5 Å². The van der Waals surface area contributed by atoms with Crippen molar-refractivity contribution in [2.24, 2.45) is 5.92 Å². The molecular formula is C21H21FN2O6S. The van der Waals surface area contributed by atoms with E-state index in [9.17, 15) is 14.0 Å². The van der Waals surface area contributed by atoms with Crippen molar-refractivity contribution in [3.8, 4) is 5.75 Å². The first-order chi connectivity index (χ1) is 14.9. The Labute approximate surface area is 181 Å². The fraction of sp³-hybridized carbons (Fsp3) is 0.381. The van der Waals surface area contributed by atoms with Crippen molar-refractivity contribution in [2.75, 3.05) is 13.2 Å². The van der Waals surface area contributed by atoms with E-state index in [1.54, 1.807) is 12.4 Å². The fourth-order valence-corrected chi connectivity index (χ4v) is 4.07. The van der Waals surface area contributed by atoms with E-state index in [1.807, 2.05) is 6.92 Å². The van der Waals surface area contributed by atoms with Crippen LogP contribution < -0.4 is 10.2 Å². The number of fused-ring (bicyclic) bond motifs is 1. The quantitative estimate of drug-likeness (QED) is 0.592. The highest BCUT2D eigenvalue weighted by atomic mass is 32.1. The zero-order valence-electron chi connectivity index (χ0n) is 17.0. The molecule has 1 amide bonds. The van der Waals surface area contributed by atoms with Crippen molar-refractivity contribution >= 4 is 34.2 Å². The van der Waals surface area contributed by atoms with E-state index >= 15 is 0 Å². The van der Waals surface area contributed by atoms with Gasteiger partial charge in [0.25, 0.3) is 5.91 Å². The summed E-state index contributed by atoms with van der Waals surface area (Å²) in [6.45, 7) is 4.54. The molecule has 2 aromatic heterocycles. The van der Waals surface area contributed by atoms with Crippen LogP contribution in [0.25, 0.3) is 11.0 Å². The third kappa shape index (κ3) is 4.54. The number of hydroxylamine groups is 1. The third-order valence-corrected chi connectivity index (χ3v) is 6.06. The average Bonchev–Trinajstić information content (AvgIpc) is 3.32. The molecule has 8 nitrogen and oxygen atoms in total. The van der Waals surface area contributed by atoms with Crippen molar-refractivity contribution in [3.05, 3.63) is 45.4 Å². The molecule has 0 spiro atoms. The molecule has 31 heavy (non-hydrogen) atoms. The predicted octanol–water partition coefficient (Wildman–Crippen LogP) is 3.84. The first kappa shape index (κ1) is 21.3. The summed E-state index contributed by atoms with van der Waals surface area (Å²) in [4.78, 5) is 34.9. The summed E-state index contributed by atoms with van der Waals surface area (Å²) in [6, 6.07) is 2.58. The Hall–Kier alpha value is -2.98. The number of benzene rings is 1. The van der Waals surface area contributed by atoms with Crippen LogP contribution in [0.5, 0.6) is 5.75 Å². The molecule has 0 saturated carbocycles.